The van der Waals surface area contributed by atoms with Gasteiger partial charge in [-0.3, -0.25) is 9.59 Å². The Balaban J connectivity index is 2.81. The number of nitrogens with one attached hydrogen (secondary N) is 2. The summed E-state index contributed by atoms with van der Waals surface area (Å²) < 4.78 is 0. The molecule has 0 spiro atoms. The van der Waals surface area contributed by atoms with Crippen LogP contribution >= 0.6 is 0 Å². The van der Waals surface area contributed by atoms with E-state index in [4.69, 9.17) is 0 Å². The molecule has 2 N–H and O–H groups in total. The van der Waals surface area contributed by atoms with Crippen molar-refractivity contribution in [1.82, 2.24) is 4.98 Å². The second-order valence-electron chi connectivity index (χ2n) is 2.66. The van der Waals surface area contributed by atoms with E-state index in [1.54, 1.807) is 19.1 Å². The fraction of sp³-hybridized carbons (Fsp3) is 0.111. The molecule has 1 amide bonds. The van der Waals surface area contributed by atoms with Gasteiger partial charge in [0.15, 0.2) is 0 Å². The second kappa shape index (κ2) is 3.71. The van der Waals surface area contributed by atoms with Gasteiger partial charge in [-0.1, -0.05) is 12.6 Å². The van der Waals surface area contributed by atoms with Crippen molar-refractivity contribution in [3.8, 4) is 0 Å². The largest absolute Gasteiger partial charge is 0.309 e. The van der Waals surface area contributed by atoms with Crippen molar-refractivity contribution in [2.45, 2.75) is 6.92 Å². The molecule has 0 aliphatic carbocycles. The maximum Gasteiger partial charge on any atom is 0.251 e. The number of amides is 1. The van der Waals surface area contributed by atoms with Gasteiger partial charge in [0.1, 0.15) is 5.82 Å². The van der Waals surface area contributed by atoms with Gasteiger partial charge in [-0.05, 0) is 13.0 Å². The maximum absolute atomic E-state index is 11.1. The molecule has 1 aromatic heterocycles. The Morgan fingerprint density at radius 3 is 2.77 bits per heavy atom. The van der Waals surface area contributed by atoms with E-state index in [9.17, 15) is 9.59 Å². The predicted molar refractivity (Wildman–Crippen MR) is 50.5 cm³/mol. The Kier molecular flexibility index (Phi) is 2.64. The first-order valence-electron chi connectivity index (χ1n) is 3.76. The number of carbonyl (C=O) groups excluding carboxylic acids is 1. The SMILES string of the molecule is C=C(C)C(=O)Nc1cccc(=O)[nH]1. The van der Waals surface area contributed by atoms with Crippen LogP contribution in [-0.4, -0.2) is 10.9 Å². The zero-order valence-electron chi connectivity index (χ0n) is 7.26. The minimum Gasteiger partial charge on any atom is -0.309 e. The molecule has 4 heteroatoms. The quantitative estimate of drug-likeness (QED) is 0.660. The molecule has 68 valence electrons. The molecule has 0 fully saturated rings. The van der Waals surface area contributed by atoms with Gasteiger partial charge in [0, 0.05) is 11.6 Å². The van der Waals surface area contributed by atoms with Gasteiger partial charge in [-0.25, -0.2) is 0 Å². The molecule has 0 aliphatic rings. The molecule has 13 heavy (non-hydrogen) atoms. The molecular formula is C9H10N2O2. The highest BCUT2D eigenvalue weighted by Crippen LogP contribution is 1.99. The summed E-state index contributed by atoms with van der Waals surface area (Å²) in [5.74, 6) is 0.0716. The van der Waals surface area contributed by atoms with Gasteiger partial charge in [0.2, 0.25) is 5.56 Å². The highest BCUT2D eigenvalue weighted by Gasteiger charge is 2.01. The first-order chi connectivity index (χ1) is 6.09. The Morgan fingerprint density at radius 2 is 2.23 bits per heavy atom. The van der Waals surface area contributed by atoms with Crippen molar-refractivity contribution >= 4 is 11.7 Å². The lowest BCUT2D eigenvalue weighted by molar-refractivity contribution is -0.112. The summed E-state index contributed by atoms with van der Waals surface area (Å²) in [6.07, 6.45) is 0. The maximum atomic E-state index is 11.1. The summed E-state index contributed by atoms with van der Waals surface area (Å²) in [6.45, 7) is 5.06. The molecule has 1 heterocycles. The van der Waals surface area contributed by atoms with Crippen LogP contribution < -0.4 is 10.9 Å². The molecule has 0 aliphatic heterocycles. The molecule has 1 rings (SSSR count). The molecular weight excluding hydrogens is 168 g/mol. The van der Waals surface area contributed by atoms with Gasteiger partial charge in [-0.2, -0.15) is 0 Å². The van der Waals surface area contributed by atoms with Crippen LogP contribution in [0.15, 0.2) is 35.1 Å². The molecule has 0 radical (unpaired) electrons. The first kappa shape index (κ1) is 9.25. The monoisotopic (exact) mass is 178 g/mol. The topological polar surface area (TPSA) is 62.0 Å². The zero-order valence-corrected chi connectivity index (χ0v) is 7.26. The van der Waals surface area contributed by atoms with Crippen LogP contribution in [-0.2, 0) is 4.79 Å². The van der Waals surface area contributed by atoms with E-state index in [-0.39, 0.29) is 11.5 Å². The van der Waals surface area contributed by atoms with Crippen LogP contribution in [0.25, 0.3) is 0 Å². The molecule has 0 saturated carbocycles. The Hall–Kier alpha value is -1.84. The number of aromatic amines is 1. The lowest BCUT2D eigenvalue weighted by Crippen LogP contribution is -2.15. The number of pyridine rings is 1. The zero-order chi connectivity index (χ0) is 9.84. The standard InChI is InChI=1S/C9H10N2O2/c1-6(2)9(13)11-7-4-3-5-8(12)10-7/h3-5H,1H2,2H3,(H2,10,11,12,13). The summed E-state index contributed by atoms with van der Waals surface area (Å²) >= 11 is 0. The summed E-state index contributed by atoms with van der Waals surface area (Å²) in [5, 5.41) is 2.49. The van der Waals surface area contributed by atoms with Crippen LogP contribution in [0.4, 0.5) is 5.82 Å². The highest BCUT2D eigenvalue weighted by molar-refractivity contribution is 6.02. The average molecular weight is 178 g/mol. The summed E-state index contributed by atoms with van der Waals surface area (Å²) in [4.78, 5) is 24.4. The van der Waals surface area contributed by atoms with E-state index in [2.05, 4.69) is 16.9 Å². The minimum absolute atomic E-state index is 0.250. The van der Waals surface area contributed by atoms with E-state index in [0.29, 0.717) is 11.4 Å². The third-order valence-electron chi connectivity index (χ3n) is 1.40. The Morgan fingerprint density at radius 1 is 1.54 bits per heavy atom. The molecule has 1 aromatic rings. The van der Waals surface area contributed by atoms with Crippen LogP contribution in [0.1, 0.15) is 6.92 Å². The molecule has 0 saturated heterocycles. The molecule has 0 atom stereocenters. The van der Waals surface area contributed by atoms with E-state index < -0.39 is 0 Å². The number of hydrogen-bond donors (Lipinski definition) is 2. The van der Waals surface area contributed by atoms with E-state index in [1.807, 2.05) is 0 Å². The summed E-state index contributed by atoms with van der Waals surface area (Å²) in [6, 6.07) is 4.53. The van der Waals surface area contributed by atoms with Crippen molar-refractivity contribution < 1.29 is 4.79 Å². The van der Waals surface area contributed by atoms with Crippen LogP contribution in [0.5, 0.6) is 0 Å². The number of rotatable bonds is 2. The number of hydrogen-bond acceptors (Lipinski definition) is 2. The van der Waals surface area contributed by atoms with Gasteiger partial charge < -0.3 is 10.3 Å². The third-order valence-corrected chi connectivity index (χ3v) is 1.40. The normalized spacial score (nSPS) is 9.31. The number of carbonyl (C=O) groups is 1. The van der Waals surface area contributed by atoms with Crippen LogP contribution in [0.3, 0.4) is 0 Å². The predicted octanol–water partition coefficient (Wildman–Crippen LogP) is 0.889. The van der Waals surface area contributed by atoms with Gasteiger partial charge >= 0.3 is 0 Å². The van der Waals surface area contributed by atoms with Crippen LogP contribution in [0.2, 0.25) is 0 Å². The fourth-order valence-corrected chi connectivity index (χ4v) is 0.750. The smallest absolute Gasteiger partial charge is 0.251 e. The Labute approximate surface area is 75.3 Å². The molecule has 0 unspecified atom stereocenters. The lowest BCUT2D eigenvalue weighted by atomic mass is 10.3. The Bertz CT molecular complexity index is 393. The van der Waals surface area contributed by atoms with Crippen molar-refractivity contribution in [2.24, 2.45) is 0 Å². The van der Waals surface area contributed by atoms with Crippen molar-refractivity contribution in [3.05, 3.63) is 40.7 Å². The van der Waals surface area contributed by atoms with E-state index >= 15 is 0 Å². The summed E-state index contributed by atoms with van der Waals surface area (Å²) in [7, 11) is 0. The van der Waals surface area contributed by atoms with E-state index in [0.717, 1.165) is 0 Å². The first-order valence-corrected chi connectivity index (χ1v) is 3.76. The summed E-state index contributed by atoms with van der Waals surface area (Å²) in [5.41, 5.74) is 0.143. The van der Waals surface area contributed by atoms with Crippen LogP contribution in [0, 0.1) is 0 Å². The van der Waals surface area contributed by atoms with E-state index in [1.165, 1.54) is 6.07 Å². The lowest BCUT2D eigenvalue weighted by Gasteiger charge is -2.02. The van der Waals surface area contributed by atoms with Crippen molar-refractivity contribution in [1.29, 1.82) is 0 Å². The highest BCUT2D eigenvalue weighted by atomic mass is 16.2. The number of aromatic nitrogens is 1. The molecule has 0 aromatic carbocycles. The van der Waals surface area contributed by atoms with Gasteiger partial charge in [-0.15, -0.1) is 0 Å². The number of anilines is 1. The second-order valence-corrected chi connectivity index (χ2v) is 2.66. The fourth-order valence-electron chi connectivity index (χ4n) is 0.750. The van der Waals surface area contributed by atoms with Gasteiger partial charge in [0.05, 0.1) is 0 Å². The van der Waals surface area contributed by atoms with Gasteiger partial charge in [0.25, 0.3) is 5.91 Å². The van der Waals surface area contributed by atoms with Crippen molar-refractivity contribution in [2.75, 3.05) is 5.32 Å². The molecule has 4 nitrogen and oxygen atoms in total. The average Bonchev–Trinajstić information content (AvgIpc) is 2.04. The molecule has 0 bridgehead atoms. The number of H-pyrrole nitrogens is 1. The minimum atomic E-state index is -0.304. The third kappa shape index (κ3) is 2.59. The van der Waals surface area contributed by atoms with Crippen molar-refractivity contribution in [3.63, 3.8) is 0 Å².